The molecular formula is C15H26N2O. The van der Waals surface area contributed by atoms with Gasteiger partial charge in [-0.1, -0.05) is 25.1 Å². The third-order valence-electron chi connectivity index (χ3n) is 2.96. The molecule has 0 saturated heterocycles. The first kappa shape index (κ1) is 15.0. The second-order valence-electron chi connectivity index (χ2n) is 4.86. The number of hydrogen-bond donors (Lipinski definition) is 1. The Bertz CT molecular complexity index is 341. The molecule has 0 heterocycles. The normalized spacial score (nSPS) is 12.7. The first-order valence-electron chi connectivity index (χ1n) is 6.71. The average Bonchev–Trinajstić information content (AvgIpc) is 2.36. The largest absolute Gasteiger partial charge is 0.496 e. The standard InChI is InChI=1S/C15H26N2O/c1-5-10-16-13(2)11-17(3)12-14-8-6-7-9-15(14)18-4/h6-9,13,16H,5,10-12H2,1-4H3. The van der Waals surface area contributed by atoms with Crippen LogP contribution in [0, 0.1) is 0 Å². The van der Waals surface area contributed by atoms with Crippen LogP contribution in [0.1, 0.15) is 25.8 Å². The van der Waals surface area contributed by atoms with E-state index in [1.165, 1.54) is 12.0 Å². The monoisotopic (exact) mass is 250 g/mol. The van der Waals surface area contributed by atoms with Crippen LogP contribution in [-0.2, 0) is 6.54 Å². The van der Waals surface area contributed by atoms with Gasteiger partial charge in [0.15, 0.2) is 0 Å². The summed E-state index contributed by atoms with van der Waals surface area (Å²) in [6, 6.07) is 8.73. The minimum Gasteiger partial charge on any atom is -0.496 e. The van der Waals surface area contributed by atoms with Gasteiger partial charge in [-0.2, -0.15) is 0 Å². The van der Waals surface area contributed by atoms with Crippen molar-refractivity contribution >= 4 is 0 Å². The molecule has 18 heavy (non-hydrogen) atoms. The summed E-state index contributed by atoms with van der Waals surface area (Å²) in [6.07, 6.45) is 1.18. The molecule has 0 radical (unpaired) electrons. The Morgan fingerprint density at radius 2 is 2.06 bits per heavy atom. The summed E-state index contributed by atoms with van der Waals surface area (Å²) >= 11 is 0. The maximum atomic E-state index is 5.37. The van der Waals surface area contributed by atoms with E-state index in [9.17, 15) is 0 Å². The molecule has 0 aliphatic rings. The Balaban J connectivity index is 2.46. The second-order valence-corrected chi connectivity index (χ2v) is 4.86. The van der Waals surface area contributed by atoms with Crippen LogP contribution >= 0.6 is 0 Å². The number of likely N-dealkylation sites (N-methyl/N-ethyl adjacent to an activating group) is 1. The number of methoxy groups -OCH3 is 1. The molecule has 1 unspecified atom stereocenters. The van der Waals surface area contributed by atoms with Crippen molar-refractivity contribution < 1.29 is 4.74 Å². The van der Waals surface area contributed by atoms with E-state index in [1.54, 1.807) is 7.11 Å². The number of ether oxygens (including phenoxy) is 1. The summed E-state index contributed by atoms with van der Waals surface area (Å²) in [5, 5.41) is 3.50. The number of hydrogen-bond acceptors (Lipinski definition) is 3. The van der Waals surface area contributed by atoms with Crippen LogP contribution in [0.2, 0.25) is 0 Å². The van der Waals surface area contributed by atoms with E-state index in [2.05, 4.69) is 43.2 Å². The molecule has 1 rings (SSSR count). The van der Waals surface area contributed by atoms with Crippen LogP contribution in [0.15, 0.2) is 24.3 Å². The summed E-state index contributed by atoms with van der Waals surface area (Å²) in [4.78, 5) is 2.32. The van der Waals surface area contributed by atoms with E-state index >= 15 is 0 Å². The van der Waals surface area contributed by atoms with Crippen molar-refractivity contribution in [2.24, 2.45) is 0 Å². The minimum atomic E-state index is 0.518. The lowest BCUT2D eigenvalue weighted by atomic mass is 10.2. The number of benzene rings is 1. The Hall–Kier alpha value is -1.06. The molecule has 3 nitrogen and oxygen atoms in total. The van der Waals surface area contributed by atoms with Gasteiger partial charge < -0.3 is 15.0 Å². The number of para-hydroxylation sites is 1. The molecule has 0 aliphatic carbocycles. The first-order valence-corrected chi connectivity index (χ1v) is 6.71. The summed E-state index contributed by atoms with van der Waals surface area (Å²) in [5.74, 6) is 0.971. The van der Waals surface area contributed by atoms with Crippen LogP contribution in [0.25, 0.3) is 0 Å². The molecule has 0 fully saturated rings. The number of rotatable bonds is 8. The molecule has 1 aromatic carbocycles. The van der Waals surface area contributed by atoms with E-state index in [0.717, 1.165) is 25.4 Å². The highest BCUT2D eigenvalue weighted by atomic mass is 16.5. The summed E-state index contributed by atoms with van der Waals surface area (Å²) < 4.78 is 5.37. The van der Waals surface area contributed by atoms with E-state index in [4.69, 9.17) is 4.74 Å². The van der Waals surface area contributed by atoms with Gasteiger partial charge in [0.25, 0.3) is 0 Å². The van der Waals surface area contributed by atoms with Crippen LogP contribution in [0.4, 0.5) is 0 Å². The highest BCUT2D eigenvalue weighted by Gasteiger charge is 2.08. The molecule has 0 spiro atoms. The average molecular weight is 250 g/mol. The third-order valence-corrected chi connectivity index (χ3v) is 2.96. The molecule has 1 atom stereocenters. The van der Waals surface area contributed by atoms with Crippen LogP contribution in [0.5, 0.6) is 5.75 Å². The Morgan fingerprint density at radius 1 is 1.33 bits per heavy atom. The van der Waals surface area contributed by atoms with Gasteiger partial charge >= 0.3 is 0 Å². The van der Waals surface area contributed by atoms with E-state index in [1.807, 2.05) is 12.1 Å². The maximum absolute atomic E-state index is 5.37. The molecule has 0 bridgehead atoms. The number of nitrogens with zero attached hydrogens (tertiary/aromatic N) is 1. The van der Waals surface area contributed by atoms with Crippen LogP contribution in [0.3, 0.4) is 0 Å². The van der Waals surface area contributed by atoms with Crippen molar-refractivity contribution in [3.05, 3.63) is 29.8 Å². The Kier molecular flexibility index (Phi) is 6.76. The zero-order chi connectivity index (χ0) is 13.4. The highest BCUT2D eigenvalue weighted by molar-refractivity contribution is 5.32. The summed E-state index contributed by atoms with van der Waals surface area (Å²) in [6.45, 7) is 7.47. The quantitative estimate of drug-likeness (QED) is 0.767. The van der Waals surface area contributed by atoms with Crippen molar-refractivity contribution in [1.82, 2.24) is 10.2 Å². The Labute approximate surface area is 111 Å². The Morgan fingerprint density at radius 3 is 2.72 bits per heavy atom. The third kappa shape index (κ3) is 5.07. The van der Waals surface area contributed by atoms with E-state index in [0.29, 0.717) is 6.04 Å². The molecule has 1 N–H and O–H groups in total. The topological polar surface area (TPSA) is 24.5 Å². The predicted molar refractivity (Wildman–Crippen MR) is 77.1 cm³/mol. The van der Waals surface area contributed by atoms with Gasteiger partial charge in [-0.05, 0) is 33.0 Å². The lowest BCUT2D eigenvalue weighted by Crippen LogP contribution is -2.37. The fraction of sp³-hybridized carbons (Fsp3) is 0.600. The van der Waals surface area contributed by atoms with Gasteiger partial charge in [-0.3, -0.25) is 0 Å². The van der Waals surface area contributed by atoms with Gasteiger partial charge in [0.05, 0.1) is 7.11 Å². The lowest BCUT2D eigenvalue weighted by Gasteiger charge is -2.23. The zero-order valence-corrected chi connectivity index (χ0v) is 12.1. The summed E-state index contributed by atoms with van der Waals surface area (Å²) in [7, 11) is 3.88. The van der Waals surface area contributed by atoms with Crippen molar-refractivity contribution in [3.8, 4) is 5.75 Å². The van der Waals surface area contributed by atoms with Gasteiger partial charge in [0.2, 0.25) is 0 Å². The predicted octanol–water partition coefficient (Wildman–Crippen LogP) is 2.52. The van der Waals surface area contributed by atoms with Crippen LogP contribution < -0.4 is 10.1 Å². The van der Waals surface area contributed by atoms with E-state index in [-0.39, 0.29) is 0 Å². The molecule has 0 amide bonds. The molecule has 1 aromatic rings. The lowest BCUT2D eigenvalue weighted by molar-refractivity contribution is 0.284. The summed E-state index contributed by atoms with van der Waals surface area (Å²) in [5.41, 5.74) is 1.24. The van der Waals surface area contributed by atoms with Crippen molar-refractivity contribution in [2.75, 3.05) is 27.2 Å². The van der Waals surface area contributed by atoms with Gasteiger partial charge in [-0.25, -0.2) is 0 Å². The molecule has 102 valence electrons. The van der Waals surface area contributed by atoms with Crippen molar-refractivity contribution in [2.45, 2.75) is 32.9 Å². The zero-order valence-electron chi connectivity index (χ0n) is 12.1. The SMILES string of the molecule is CCCNC(C)CN(C)Cc1ccccc1OC. The fourth-order valence-corrected chi connectivity index (χ4v) is 2.11. The van der Waals surface area contributed by atoms with Crippen LogP contribution in [-0.4, -0.2) is 38.2 Å². The maximum Gasteiger partial charge on any atom is 0.123 e. The molecule has 0 aromatic heterocycles. The minimum absolute atomic E-state index is 0.518. The first-order chi connectivity index (χ1) is 8.67. The van der Waals surface area contributed by atoms with E-state index < -0.39 is 0 Å². The molecular weight excluding hydrogens is 224 g/mol. The molecule has 0 aliphatic heterocycles. The van der Waals surface area contributed by atoms with Gasteiger partial charge in [0, 0.05) is 24.7 Å². The highest BCUT2D eigenvalue weighted by Crippen LogP contribution is 2.18. The fourth-order valence-electron chi connectivity index (χ4n) is 2.11. The smallest absolute Gasteiger partial charge is 0.123 e. The molecule has 0 saturated carbocycles. The van der Waals surface area contributed by atoms with Gasteiger partial charge in [0.1, 0.15) is 5.75 Å². The second kappa shape index (κ2) is 8.11. The number of nitrogens with one attached hydrogen (secondary N) is 1. The van der Waals surface area contributed by atoms with Crippen molar-refractivity contribution in [1.29, 1.82) is 0 Å². The van der Waals surface area contributed by atoms with Gasteiger partial charge in [-0.15, -0.1) is 0 Å². The van der Waals surface area contributed by atoms with Crippen molar-refractivity contribution in [3.63, 3.8) is 0 Å². The molecule has 3 heteroatoms.